The topological polar surface area (TPSA) is 82.7 Å². The van der Waals surface area contributed by atoms with E-state index in [9.17, 15) is 13.6 Å². The fourth-order valence-corrected chi connectivity index (χ4v) is 3.51. The predicted octanol–water partition coefficient (Wildman–Crippen LogP) is 3.16. The van der Waals surface area contributed by atoms with Crippen LogP contribution in [0, 0.1) is 11.6 Å². The number of thiocarbonyl (C=S) groups is 1. The summed E-state index contributed by atoms with van der Waals surface area (Å²) in [6.07, 6.45) is 1.27. The Labute approximate surface area is 170 Å². The third-order valence-corrected chi connectivity index (χ3v) is 5.04. The van der Waals surface area contributed by atoms with E-state index in [0.29, 0.717) is 30.7 Å². The van der Waals surface area contributed by atoms with Crippen LogP contribution in [0.5, 0.6) is 0 Å². The van der Waals surface area contributed by atoms with Gasteiger partial charge < -0.3 is 10.6 Å². The molecule has 148 valence electrons. The first kappa shape index (κ1) is 19.1. The van der Waals surface area contributed by atoms with Gasteiger partial charge in [-0.2, -0.15) is 0 Å². The number of carbonyl (C=O) groups excluding carboxylic acids is 1. The van der Waals surface area contributed by atoms with Crippen molar-refractivity contribution in [3.05, 3.63) is 76.9 Å². The van der Waals surface area contributed by atoms with Crippen molar-refractivity contribution in [1.29, 1.82) is 0 Å². The number of hydrogen-bond donors (Lipinski definition) is 3. The number of H-pyrrole nitrogens is 1. The minimum Gasteiger partial charge on any atom is -0.346 e. The molecule has 3 N–H and O–H groups in total. The summed E-state index contributed by atoms with van der Waals surface area (Å²) in [7, 11) is 0. The molecule has 1 atom stereocenters. The summed E-state index contributed by atoms with van der Waals surface area (Å²) < 4.78 is 27.5. The lowest BCUT2D eigenvalue weighted by atomic mass is 10.1. The van der Waals surface area contributed by atoms with Crippen molar-refractivity contribution in [2.75, 3.05) is 5.32 Å². The van der Waals surface area contributed by atoms with Gasteiger partial charge in [0.15, 0.2) is 0 Å². The monoisotopic (exact) mass is 413 g/mol. The molecule has 0 saturated heterocycles. The van der Waals surface area contributed by atoms with Crippen LogP contribution in [0.15, 0.2) is 42.5 Å². The molecule has 1 unspecified atom stereocenters. The molecule has 29 heavy (non-hydrogen) atoms. The number of rotatable bonds is 4. The number of benzene rings is 2. The fourth-order valence-electron chi connectivity index (χ4n) is 3.23. The lowest BCUT2D eigenvalue weighted by molar-refractivity contribution is 0.0936. The highest BCUT2D eigenvalue weighted by molar-refractivity contribution is 7.80. The van der Waals surface area contributed by atoms with E-state index in [2.05, 4.69) is 25.8 Å². The fraction of sp³-hybridized carbons (Fsp3) is 0.200. The molecule has 2 aromatic carbocycles. The number of aromatic nitrogens is 3. The van der Waals surface area contributed by atoms with E-state index in [1.54, 1.807) is 0 Å². The van der Waals surface area contributed by atoms with Crippen LogP contribution < -0.4 is 10.6 Å². The van der Waals surface area contributed by atoms with Gasteiger partial charge in [0.05, 0.1) is 11.7 Å². The quantitative estimate of drug-likeness (QED) is 0.573. The van der Waals surface area contributed by atoms with Crippen molar-refractivity contribution >= 4 is 28.8 Å². The molecule has 1 aliphatic rings. The number of carbonyl (C=O) groups is 1. The first-order valence-electron chi connectivity index (χ1n) is 9.04. The van der Waals surface area contributed by atoms with Crippen LogP contribution in [0.2, 0.25) is 0 Å². The molecule has 0 saturated carbocycles. The third-order valence-electron chi connectivity index (χ3n) is 4.66. The van der Waals surface area contributed by atoms with E-state index in [0.717, 1.165) is 11.6 Å². The average Bonchev–Trinajstić information content (AvgIpc) is 3.10. The van der Waals surface area contributed by atoms with Gasteiger partial charge in [0.25, 0.3) is 5.91 Å². The second-order valence-corrected chi connectivity index (χ2v) is 7.18. The summed E-state index contributed by atoms with van der Waals surface area (Å²) in [5.41, 5.74) is 1.66. The minimum absolute atomic E-state index is 0.00211. The first-order chi connectivity index (χ1) is 14.0. The lowest BCUT2D eigenvalue weighted by Gasteiger charge is -2.16. The number of halogens is 2. The minimum atomic E-state index is -0.714. The summed E-state index contributed by atoms with van der Waals surface area (Å²) in [6.45, 7) is 0. The van der Waals surface area contributed by atoms with Gasteiger partial charge in [-0.05, 0) is 30.0 Å². The van der Waals surface area contributed by atoms with Crippen LogP contribution in [0.3, 0.4) is 0 Å². The SMILES string of the molecule is O=C(NC1CCc2cc(F)cc(F)c2NC1=S)c1n[nH]c(Cc2ccccc2)n1. The van der Waals surface area contributed by atoms with E-state index < -0.39 is 23.6 Å². The average molecular weight is 413 g/mol. The van der Waals surface area contributed by atoms with E-state index >= 15 is 0 Å². The Hall–Kier alpha value is -3.20. The second-order valence-electron chi connectivity index (χ2n) is 6.74. The molecule has 1 aliphatic heterocycles. The highest BCUT2D eigenvalue weighted by Crippen LogP contribution is 2.27. The highest BCUT2D eigenvalue weighted by atomic mass is 32.1. The number of nitrogens with one attached hydrogen (secondary N) is 3. The summed E-state index contributed by atoms with van der Waals surface area (Å²) in [5, 5.41) is 12.3. The van der Waals surface area contributed by atoms with Crippen LogP contribution in [-0.4, -0.2) is 32.1 Å². The van der Waals surface area contributed by atoms with E-state index in [-0.39, 0.29) is 16.5 Å². The van der Waals surface area contributed by atoms with Gasteiger partial charge in [0.1, 0.15) is 22.4 Å². The number of amides is 1. The molecule has 0 spiro atoms. The number of anilines is 1. The van der Waals surface area contributed by atoms with Crippen LogP contribution >= 0.6 is 12.2 Å². The Balaban J connectivity index is 1.44. The number of aromatic amines is 1. The molecule has 2 heterocycles. The molecule has 0 fully saturated rings. The van der Waals surface area contributed by atoms with Crippen molar-refractivity contribution in [3.63, 3.8) is 0 Å². The summed E-state index contributed by atoms with van der Waals surface area (Å²) >= 11 is 5.31. The van der Waals surface area contributed by atoms with Gasteiger partial charge in [0, 0.05) is 12.5 Å². The maximum atomic E-state index is 14.0. The number of nitrogens with zero attached hydrogens (tertiary/aromatic N) is 2. The van der Waals surface area contributed by atoms with Gasteiger partial charge in [-0.25, -0.2) is 13.8 Å². The molecule has 0 radical (unpaired) electrons. The molecule has 9 heteroatoms. The summed E-state index contributed by atoms with van der Waals surface area (Å²) in [5.74, 6) is -1.30. The summed E-state index contributed by atoms with van der Waals surface area (Å²) in [6, 6.07) is 11.2. The van der Waals surface area contributed by atoms with Crippen molar-refractivity contribution in [2.24, 2.45) is 0 Å². The largest absolute Gasteiger partial charge is 0.346 e. The zero-order valence-corrected chi connectivity index (χ0v) is 16.0. The van der Waals surface area contributed by atoms with Gasteiger partial charge in [-0.3, -0.25) is 9.89 Å². The Morgan fingerprint density at radius 2 is 2.03 bits per heavy atom. The molecule has 3 aromatic rings. The van der Waals surface area contributed by atoms with Crippen molar-refractivity contribution in [3.8, 4) is 0 Å². The normalized spacial score (nSPS) is 15.9. The number of hydrogen-bond acceptors (Lipinski definition) is 4. The zero-order valence-electron chi connectivity index (χ0n) is 15.2. The number of aryl methyl sites for hydroxylation is 1. The number of fused-ring (bicyclic) bond motifs is 1. The third kappa shape index (κ3) is 4.29. The Bertz CT molecular complexity index is 1070. The Morgan fingerprint density at radius 3 is 2.83 bits per heavy atom. The predicted molar refractivity (Wildman–Crippen MR) is 108 cm³/mol. The molecule has 4 rings (SSSR count). The molecule has 1 aromatic heterocycles. The Morgan fingerprint density at radius 1 is 1.24 bits per heavy atom. The van der Waals surface area contributed by atoms with E-state index in [1.165, 1.54) is 6.07 Å². The van der Waals surface area contributed by atoms with Gasteiger partial charge >= 0.3 is 0 Å². The van der Waals surface area contributed by atoms with Crippen molar-refractivity contribution < 1.29 is 13.6 Å². The maximum Gasteiger partial charge on any atom is 0.291 e. The second kappa shape index (κ2) is 8.04. The van der Waals surface area contributed by atoms with Crippen LogP contribution in [0.4, 0.5) is 14.5 Å². The van der Waals surface area contributed by atoms with E-state index in [4.69, 9.17) is 12.2 Å². The zero-order chi connectivity index (χ0) is 20.4. The maximum absolute atomic E-state index is 14.0. The van der Waals surface area contributed by atoms with E-state index in [1.807, 2.05) is 30.3 Å². The Kier molecular flexibility index (Phi) is 5.30. The molecular formula is C20H17F2N5OS. The van der Waals surface area contributed by atoms with Gasteiger partial charge in [0.2, 0.25) is 5.82 Å². The first-order valence-corrected chi connectivity index (χ1v) is 9.45. The van der Waals surface area contributed by atoms with Gasteiger partial charge in [-0.1, -0.05) is 42.5 Å². The lowest BCUT2D eigenvalue weighted by Crippen LogP contribution is -2.42. The summed E-state index contributed by atoms with van der Waals surface area (Å²) in [4.78, 5) is 17.0. The van der Waals surface area contributed by atoms with Crippen LogP contribution in [0.25, 0.3) is 0 Å². The van der Waals surface area contributed by atoms with Crippen LogP contribution in [0.1, 0.15) is 34.0 Å². The highest BCUT2D eigenvalue weighted by Gasteiger charge is 2.26. The molecular weight excluding hydrogens is 396 g/mol. The smallest absolute Gasteiger partial charge is 0.291 e. The molecule has 0 bridgehead atoms. The molecule has 6 nitrogen and oxygen atoms in total. The van der Waals surface area contributed by atoms with Crippen LogP contribution in [-0.2, 0) is 12.8 Å². The molecule has 0 aliphatic carbocycles. The van der Waals surface area contributed by atoms with Crippen molar-refractivity contribution in [1.82, 2.24) is 20.5 Å². The van der Waals surface area contributed by atoms with Crippen molar-refractivity contribution in [2.45, 2.75) is 25.3 Å². The molecule has 1 amide bonds. The van der Waals surface area contributed by atoms with Gasteiger partial charge in [-0.15, -0.1) is 5.10 Å². The standard InChI is InChI=1S/C20H17F2N5OS/c21-13-9-12-6-7-15(20(29)25-17(12)14(22)10-13)23-19(28)18-24-16(26-27-18)8-11-4-2-1-3-5-11/h1-5,9-10,15H,6-8H2,(H,23,28)(H,25,29)(H,24,26,27).